The first-order valence-electron chi connectivity index (χ1n) is 6.74. The number of hydrogen-bond acceptors (Lipinski definition) is 4. The minimum absolute atomic E-state index is 0.0165. The molecule has 0 aliphatic rings. The summed E-state index contributed by atoms with van der Waals surface area (Å²) in [6.45, 7) is 0. The molecule has 112 valence electrons. The molecule has 0 saturated heterocycles. The highest BCUT2D eigenvalue weighted by molar-refractivity contribution is 8.01. The standard InChI is InChI=1S/C16H13ClN2OS2/c17-11-6-7-14-13(10-11)19-16(22-14)21-9-8-15(20)18-12-4-2-1-3-5-12/h1-7,10H,8-9H2,(H,18,20). The fraction of sp³-hybridized carbons (Fsp3) is 0.125. The number of fused-ring (bicyclic) bond motifs is 1. The van der Waals surface area contributed by atoms with Crippen molar-refractivity contribution < 1.29 is 4.79 Å². The number of thioether (sulfide) groups is 1. The van der Waals surface area contributed by atoms with Gasteiger partial charge in [-0.3, -0.25) is 4.79 Å². The first-order chi connectivity index (χ1) is 10.7. The number of halogens is 1. The molecule has 0 aliphatic heterocycles. The van der Waals surface area contributed by atoms with Crippen molar-refractivity contribution >= 4 is 56.5 Å². The monoisotopic (exact) mass is 348 g/mol. The maximum Gasteiger partial charge on any atom is 0.225 e. The van der Waals surface area contributed by atoms with Crippen LogP contribution in [-0.4, -0.2) is 16.6 Å². The SMILES string of the molecule is O=C(CCSc1nc2cc(Cl)ccc2s1)Nc1ccccc1. The van der Waals surface area contributed by atoms with E-state index in [9.17, 15) is 4.79 Å². The molecule has 6 heteroatoms. The number of carbonyl (C=O) groups is 1. The zero-order chi connectivity index (χ0) is 15.4. The number of benzene rings is 2. The van der Waals surface area contributed by atoms with Gasteiger partial charge < -0.3 is 5.32 Å². The average molecular weight is 349 g/mol. The van der Waals surface area contributed by atoms with Gasteiger partial charge in [-0.1, -0.05) is 41.6 Å². The van der Waals surface area contributed by atoms with Crippen LogP contribution in [0.4, 0.5) is 5.69 Å². The Morgan fingerprint density at radius 2 is 2.05 bits per heavy atom. The van der Waals surface area contributed by atoms with Crippen LogP contribution in [0.3, 0.4) is 0 Å². The molecule has 0 bridgehead atoms. The van der Waals surface area contributed by atoms with Gasteiger partial charge >= 0.3 is 0 Å². The van der Waals surface area contributed by atoms with Crippen molar-refractivity contribution in [1.29, 1.82) is 0 Å². The molecule has 0 spiro atoms. The summed E-state index contributed by atoms with van der Waals surface area (Å²) < 4.78 is 2.07. The predicted octanol–water partition coefficient (Wildman–Crippen LogP) is 5.07. The number of hydrogen-bond donors (Lipinski definition) is 1. The van der Waals surface area contributed by atoms with Crippen molar-refractivity contribution in [3.8, 4) is 0 Å². The minimum Gasteiger partial charge on any atom is -0.326 e. The van der Waals surface area contributed by atoms with E-state index in [1.165, 1.54) is 0 Å². The summed E-state index contributed by atoms with van der Waals surface area (Å²) in [5.74, 6) is 0.717. The molecule has 22 heavy (non-hydrogen) atoms. The lowest BCUT2D eigenvalue weighted by molar-refractivity contribution is -0.115. The van der Waals surface area contributed by atoms with E-state index in [1.807, 2.05) is 48.5 Å². The fourth-order valence-corrected chi connectivity index (χ4v) is 4.14. The molecule has 0 saturated carbocycles. The number of amides is 1. The van der Waals surface area contributed by atoms with Gasteiger partial charge in [-0.05, 0) is 30.3 Å². The van der Waals surface area contributed by atoms with E-state index in [4.69, 9.17) is 11.6 Å². The number of carbonyl (C=O) groups excluding carboxylic acids is 1. The number of nitrogens with one attached hydrogen (secondary N) is 1. The number of thiazole rings is 1. The van der Waals surface area contributed by atoms with Crippen molar-refractivity contribution in [3.63, 3.8) is 0 Å². The summed E-state index contributed by atoms with van der Waals surface area (Å²) in [5.41, 5.74) is 1.74. The maximum atomic E-state index is 11.9. The van der Waals surface area contributed by atoms with Crippen LogP contribution in [0.25, 0.3) is 10.2 Å². The Kier molecular flexibility index (Phi) is 4.97. The molecule has 1 heterocycles. The van der Waals surface area contributed by atoms with Crippen molar-refractivity contribution in [3.05, 3.63) is 53.6 Å². The number of nitrogens with zero attached hydrogens (tertiary/aromatic N) is 1. The van der Waals surface area contributed by atoms with Gasteiger partial charge in [0.2, 0.25) is 5.91 Å². The molecule has 2 aromatic carbocycles. The molecule has 0 radical (unpaired) electrons. The van der Waals surface area contributed by atoms with Gasteiger partial charge in [-0.15, -0.1) is 11.3 Å². The van der Waals surface area contributed by atoms with Gasteiger partial charge in [-0.2, -0.15) is 0 Å². The average Bonchev–Trinajstić information content (AvgIpc) is 2.90. The molecule has 1 N–H and O–H groups in total. The molecule has 0 aliphatic carbocycles. The molecular weight excluding hydrogens is 336 g/mol. The highest BCUT2D eigenvalue weighted by Gasteiger charge is 2.07. The van der Waals surface area contributed by atoms with Crippen molar-refractivity contribution in [2.24, 2.45) is 0 Å². The van der Waals surface area contributed by atoms with Crippen molar-refractivity contribution in [2.75, 3.05) is 11.1 Å². The van der Waals surface area contributed by atoms with E-state index >= 15 is 0 Å². The lowest BCUT2D eigenvalue weighted by Crippen LogP contribution is -2.11. The van der Waals surface area contributed by atoms with E-state index in [-0.39, 0.29) is 5.91 Å². The summed E-state index contributed by atoms with van der Waals surface area (Å²) in [6.07, 6.45) is 0.455. The van der Waals surface area contributed by atoms with E-state index in [2.05, 4.69) is 10.3 Å². The lowest BCUT2D eigenvalue weighted by atomic mass is 10.3. The highest BCUT2D eigenvalue weighted by Crippen LogP contribution is 2.31. The normalized spacial score (nSPS) is 10.8. The van der Waals surface area contributed by atoms with Crippen LogP contribution in [0.15, 0.2) is 52.9 Å². The molecular formula is C16H13ClN2OS2. The largest absolute Gasteiger partial charge is 0.326 e. The van der Waals surface area contributed by atoms with Crippen LogP contribution in [0, 0.1) is 0 Å². The Balaban J connectivity index is 1.52. The molecule has 0 unspecified atom stereocenters. The van der Waals surface area contributed by atoms with Crippen LogP contribution in [0.5, 0.6) is 0 Å². The van der Waals surface area contributed by atoms with Gasteiger partial charge in [0.25, 0.3) is 0 Å². The fourth-order valence-electron chi connectivity index (χ4n) is 1.92. The van der Waals surface area contributed by atoms with Crippen LogP contribution in [0.2, 0.25) is 5.02 Å². The molecule has 3 aromatic rings. The zero-order valence-corrected chi connectivity index (χ0v) is 14.0. The number of para-hydroxylation sites is 1. The first kappa shape index (κ1) is 15.3. The Hall–Kier alpha value is -1.56. The maximum absolute atomic E-state index is 11.9. The van der Waals surface area contributed by atoms with E-state index in [1.54, 1.807) is 23.1 Å². The van der Waals surface area contributed by atoms with Gasteiger partial charge in [-0.25, -0.2) is 4.98 Å². The smallest absolute Gasteiger partial charge is 0.225 e. The molecule has 0 fully saturated rings. The first-order valence-corrected chi connectivity index (χ1v) is 8.92. The van der Waals surface area contributed by atoms with Gasteiger partial charge in [0.1, 0.15) is 0 Å². The van der Waals surface area contributed by atoms with E-state index in [0.717, 1.165) is 20.2 Å². The Morgan fingerprint density at radius 3 is 2.86 bits per heavy atom. The lowest BCUT2D eigenvalue weighted by Gasteiger charge is -2.03. The number of rotatable bonds is 5. The van der Waals surface area contributed by atoms with Crippen LogP contribution >= 0.6 is 34.7 Å². The third-order valence-corrected chi connectivity index (χ3v) is 5.36. The Morgan fingerprint density at radius 1 is 1.23 bits per heavy atom. The van der Waals surface area contributed by atoms with Crippen LogP contribution < -0.4 is 5.32 Å². The van der Waals surface area contributed by atoms with Crippen molar-refractivity contribution in [1.82, 2.24) is 4.98 Å². The summed E-state index contributed by atoms with van der Waals surface area (Å²) in [7, 11) is 0. The summed E-state index contributed by atoms with van der Waals surface area (Å²) >= 11 is 9.17. The highest BCUT2D eigenvalue weighted by atomic mass is 35.5. The van der Waals surface area contributed by atoms with Gasteiger partial charge in [0, 0.05) is 22.9 Å². The zero-order valence-electron chi connectivity index (χ0n) is 11.6. The number of aromatic nitrogens is 1. The Labute approximate surface area is 141 Å². The van der Waals surface area contributed by atoms with Crippen LogP contribution in [0.1, 0.15) is 6.42 Å². The quantitative estimate of drug-likeness (QED) is 0.654. The van der Waals surface area contributed by atoms with Crippen LogP contribution in [-0.2, 0) is 4.79 Å². The molecule has 3 nitrogen and oxygen atoms in total. The molecule has 1 aromatic heterocycles. The number of anilines is 1. The summed E-state index contributed by atoms with van der Waals surface area (Å²) in [5, 5.41) is 3.57. The topological polar surface area (TPSA) is 42.0 Å². The second-order valence-corrected chi connectivity index (χ2v) is 7.41. The van der Waals surface area contributed by atoms with Gasteiger partial charge in [0.05, 0.1) is 10.2 Å². The van der Waals surface area contributed by atoms with E-state index < -0.39 is 0 Å². The molecule has 1 amide bonds. The summed E-state index contributed by atoms with van der Waals surface area (Å²) in [4.78, 5) is 16.4. The molecule has 0 atom stereocenters. The van der Waals surface area contributed by atoms with Gasteiger partial charge in [0.15, 0.2) is 4.34 Å². The third kappa shape index (κ3) is 4.00. The minimum atomic E-state index is 0.0165. The second kappa shape index (κ2) is 7.13. The third-order valence-electron chi connectivity index (χ3n) is 2.94. The Bertz CT molecular complexity index is 789. The summed E-state index contributed by atoms with van der Waals surface area (Å²) in [6, 6.07) is 15.2. The van der Waals surface area contributed by atoms with Crippen molar-refractivity contribution in [2.45, 2.75) is 10.8 Å². The second-order valence-electron chi connectivity index (χ2n) is 4.60. The van der Waals surface area contributed by atoms with E-state index in [0.29, 0.717) is 17.2 Å². The predicted molar refractivity (Wildman–Crippen MR) is 95.0 cm³/mol. The molecule has 3 rings (SSSR count).